The van der Waals surface area contributed by atoms with Crippen molar-refractivity contribution in [2.75, 3.05) is 0 Å². The van der Waals surface area contributed by atoms with Crippen LogP contribution in [0.1, 0.15) is 36.2 Å². The third kappa shape index (κ3) is 2.80. The van der Waals surface area contributed by atoms with Crippen LogP contribution in [0.2, 0.25) is 5.02 Å². The molecule has 0 atom stereocenters. The molecule has 1 aromatic heterocycles. The van der Waals surface area contributed by atoms with Gasteiger partial charge in [0.25, 0.3) is 5.91 Å². The van der Waals surface area contributed by atoms with Gasteiger partial charge < -0.3 is 9.73 Å². The first-order chi connectivity index (χ1) is 11.7. The van der Waals surface area contributed by atoms with E-state index in [0.29, 0.717) is 16.5 Å². The Kier molecular flexibility index (Phi) is 4.03. The Balaban J connectivity index is 1.79. The summed E-state index contributed by atoms with van der Waals surface area (Å²) in [7, 11) is 0. The maximum absolute atomic E-state index is 12.7. The second-order valence-electron chi connectivity index (χ2n) is 6.27. The van der Waals surface area contributed by atoms with Crippen molar-refractivity contribution in [1.29, 1.82) is 0 Å². The van der Waals surface area contributed by atoms with Crippen molar-refractivity contribution in [2.24, 2.45) is 0 Å². The fourth-order valence-electron chi connectivity index (χ4n) is 3.41. The van der Waals surface area contributed by atoms with Gasteiger partial charge in [0.1, 0.15) is 5.76 Å². The molecule has 122 valence electrons. The van der Waals surface area contributed by atoms with Crippen molar-refractivity contribution in [3.05, 3.63) is 59.3 Å². The van der Waals surface area contributed by atoms with Crippen LogP contribution in [0.3, 0.4) is 0 Å². The Labute approximate surface area is 145 Å². The number of amides is 1. The van der Waals surface area contributed by atoms with E-state index in [1.807, 2.05) is 42.5 Å². The van der Waals surface area contributed by atoms with Gasteiger partial charge in [-0.05, 0) is 31.0 Å². The Hall–Kier alpha value is -2.26. The summed E-state index contributed by atoms with van der Waals surface area (Å²) in [4.78, 5) is 12.7. The van der Waals surface area contributed by atoms with Gasteiger partial charge in [-0.25, -0.2) is 0 Å². The normalized spacial score (nSPS) is 15.0. The van der Waals surface area contributed by atoms with Crippen LogP contribution in [-0.2, 0) is 0 Å². The molecule has 3 aromatic rings. The largest absolute Gasteiger partial charge is 0.450 e. The highest BCUT2D eigenvalue weighted by Gasteiger charge is 2.24. The SMILES string of the molecule is O=C(NC1CCCC1)c1oc(-c2ccccc2)c2cc(Cl)ccc12. The second kappa shape index (κ2) is 6.33. The third-order valence-corrected chi connectivity index (χ3v) is 4.84. The molecule has 0 aliphatic heterocycles. The minimum absolute atomic E-state index is 0.142. The van der Waals surface area contributed by atoms with Crippen LogP contribution in [0.25, 0.3) is 22.1 Å². The first kappa shape index (κ1) is 15.3. The van der Waals surface area contributed by atoms with Crippen LogP contribution in [0.5, 0.6) is 0 Å². The molecule has 24 heavy (non-hydrogen) atoms. The molecule has 3 nitrogen and oxygen atoms in total. The molecular formula is C20H18ClNO2. The van der Waals surface area contributed by atoms with Crippen LogP contribution in [0.4, 0.5) is 0 Å². The van der Waals surface area contributed by atoms with Crippen LogP contribution >= 0.6 is 11.6 Å². The maximum Gasteiger partial charge on any atom is 0.287 e. The molecule has 1 heterocycles. The predicted octanol–water partition coefficient (Wildman–Crippen LogP) is 5.43. The highest BCUT2D eigenvalue weighted by Crippen LogP contribution is 2.35. The summed E-state index contributed by atoms with van der Waals surface area (Å²) in [5.41, 5.74) is 0.935. The van der Waals surface area contributed by atoms with E-state index in [9.17, 15) is 4.79 Å². The molecule has 1 amide bonds. The van der Waals surface area contributed by atoms with Gasteiger partial charge in [-0.2, -0.15) is 0 Å². The molecule has 0 saturated heterocycles. The van der Waals surface area contributed by atoms with E-state index in [-0.39, 0.29) is 11.9 Å². The van der Waals surface area contributed by atoms with Gasteiger partial charge in [-0.15, -0.1) is 0 Å². The molecule has 1 saturated carbocycles. The lowest BCUT2D eigenvalue weighted by molar-refractivity contribution is 0.0913. The van der Waals surface area contributed by atoms with E-state index in [2.05, 4.69) is 5.32 Å². The van der Waals surface area contributed by atoms with E-state index in [1.54, 1.807) is 6.07 Å². The van der Waals surface area contributed by atoms with E-state index >= 15 is 0 Å². The number of carbonyl (C=O) groups excluding carboxylic acids is 1. The summed E-state index contributed by atoms with van der Waals surface area (Å²) in [6.45, 7) is 0. The average molecular weight is 340 g/mol. The van der Waals surface area contributed by atoms with Gasteiger partial charge in [-0.3, -0.25) is 4.79 Å². The summed E-state index contributed by atoms with van der Waals surface area (Å²) in [5.74, 6) is 0.911. The van der Waals surface area contributed by atoms with Gasteiger partial charge in [0.2, 0.25) is 0 Å². The third-order valence-electron chi connectivity index (χ3n) is 4.61. The Bertz CT molecular complexity index is 879. The number of fused-ring (bicyclic) bond motifs is 1. The first-order valence-corrected chi connectivity index (χ1v) is 8.68. The summed E-state index contributed by atoms with van der Waals surface area (Å²) >= 11 is 6.16. The number of halogens is 1. The molecule has 1 aliphatic rings. The van der Waals surface area contributed by atoms with Gasteiger partial charge in [0.15, 0.2) is 5.76 Å². The van der Waals surface area contributed by atoms with Gasteiger partial charge >= 0.3 is 0 Å². The zero-order chi connectivity index (χ0) is 16.5. The van der Waals surface area contributed by atoms with Crippen LogP contribution in [0, 0.1) is 0 Å². The Morgan fingerprint density at radius 3 is 2.54 bits per heavy atom. The van der Waals surface area contributed by atoms with Crippen molar-refractivity contribution in [3.63, 3.8) is 0 Å². The average Bonchev–Trinajstić information content (AvgIpc) is 3.23. The van der Waals surface area contributed by atoms with E-state index in [0.717, 1.165) is 29.2 Å². The topological polar surface area (TPSA) is 42.2 Å². The number of hydrogen-bond donors (Lipinski definition) is 1. The molecule has 1 N–H and O–H groups in total. The number of furan rings is 1. The van der Waals surface area contributed by atoms with Crippen LogP contribution in [-0.4, -0.2) is 11.9 Å². The van der Waals surface area contributed by atoms with Gasteiger partial charge in [-0.1, -0.05) is 54.8 Å². The number of benzene rings is 2. The highest BCUT2D eigenvalue weighted by atomic mass is 35.5. The summed E-state index contributed by atoms with van der Waals surface area (Å²) in [5, 5.41) is 5.39. The predicted molar refractivity (Wildman–Crippen MR) is 96.4 cm³/mol. The standard InChI is InChI=1S/C20H18ClNO2/c21-14-10-11-16-17(12-14)18(13-6-2-1-3-7-13)24-19(16)20(23)22-15-8-4-5-9-15/h1-3,6-7,10-12,15H,4-5,8-9H2,(H,22,23). The number of nitrogens with one attached hydrogen (secondary N) is 1. The van der Waals surface area contributed by atoms with Gasteiger partial charge in [0, 0.05) is 27.4 Å². The summed E-state index contributed by atoms with van der Waals surface area (Å²) < 4.78 is 6.01. The minimum atomic E-state index is -0.142. The lowest BCUT2D eigenvalue weighted by Gasteiger charge is -2.10. The molecule has 1 aliphatic carbocycles. The van der Waals surface area contributed by atoms with Crippen molar-refractivity contribution < 1.29 is 9.21 Å². The minimum Gasteiger partial charge on any atom is -0.450 e. The number of rotatable bonds is 3. The molecule has 0 unspecified atom stereocenters. The van der Waals surface area contributed by atoms with Crippen molar-refractivity contribution >= 4 is 28.3 Å². The molecule has 0 bridgehead atoms. The smallest absolute Gasteiger partial charge is 0.287 e. The molecule has 0 spiro atoms. The van der Waals surface area contributed by atoms with Crippen molar-refractivity contribution in [1.82, 2.24) is 5.32 Å². The fourth-order valence-corrected chi connectivity index (χ4v) is 3.58. The molecule has 0 radical (unpaired) electrons. The molecule has 2 aromatic carbocycles. The zero-order valence-corrected chi connectivity index (χ0v) is 14.0. The first-order valence-electron chi connectivity index (χ1n) is 8.31. The van der Waals surface area contributed by atoms with Crippen molar-refractivity contribution in [3.8, 4) is 11.3 Å². The lowest BCUT2D eigenvalue weighted by atomic mass is 10.1. The lowest BCUT2D eigenvalue weighted by Crippen LogP contribution is -2.32. The monoisotopic (exact) mass is 339 g/mol. The summed E-state index contributed by atoms with van der Waals surface area (Å²) in [6.07, 6.45) is 4.44. The molecular weight excluding hydrogens is 322 g/mol. The van der Waals surface area contributed by atoms with Crippen molar-refractivity contribution in [2.45, 2.75) is 31.7 Å². The Morgan fingerprint density at radius 1 is 1.04 bits per heavy atom. The van der Waals surface area contributed by atoms with E-state index in [4.69, 9.17) is 16.0 Å². The number of carbonyl (C=O) groups is 1. The number of hydrogen-bond acceptors (Lipinski definition) is 2. The quantitative estimate of drug-likeness (QED) is 0.691. The highest BCUT2D eigenvalue weighted by molar-refractivity contribution is 6.31. The second-order valence-corrected chi connectivity index (χ2v) is 6.71. The molecule has 1 fully saturated rings. The van der Waals surface area contributed by atoms with Gasteiger partial charge in [0.05, 0.1) is 0 Å². The van der Waals surface area contributed by atoms with Crippen LogP contribution < -0.4 is 5.32 Å². The molecule has 4 rings (SSSR count). The summed E-state index contributed by atoms with van der Waals surface area (Å²) in [6, 6.07) is 15.6. The zero-order valence-electron chi connectivity index (χ0n) is 13.2. The maximum atomic E-state index is 12.7. The van der Waals surface area contributed by atoms with E-state index < -0.39 is 0 Å². The van der Waals surface area contributed by atoms with E-state index in [1.165, 1.54) is 12.8 Å². The Morgan fingerprint density at radius 2 is 1.79 bits per heavy atom. The van der Waals surface area contributed by atoms with Crippen LogP contribution in [0.15, 0.2) is 52.9 Å². The molecule has 4 heteroatoms. The fraction of sp³-hybridized carbons (Fsp3) is 0.250.